The summed E-state index contributed by atoms with van der Waals surface area (Å²) in [6.07, 6.45) is 2.56. The number of hydrogen-bond acceptors (Lipinski definition) is 3. The van der Waals surface area contributed by atoms with Crippen LogP contribution in [-0.4, -0.2) is 38.3 Å². The number of halogens is 1. The highest BCUT2D eigenvalue weighted by Crippen LogP contribution is 2.41. The van der Waals surface area contributed by atoms with Crippen molar-refractivity contribution in [2.24, 2.45) is 17.8 Å². The molecule has 2 aliphatic carbocycles. The molecule has 1 saturated heterocycles. The molecule has 3 fully saturated rings. The molecule has 0 spiro atoms. The van der Waals surface area contributed by atoms with Crippen LogP contribution in [0.15, 0.2) is 0 Å². The van der Waals surface area contributed by atoms with Gasteiger partial charge in [0.15, 0.2) is 0 Å². The fourth-order valence-electron chi connectivity index (χ4n) is 2.46. The zero-order valence-electron chi connectivity index (χ0n) is 9.28. The summed E-state index contributed by atoms with van der Waals surface area (Å²) in [6, 6.07) is 0.434. The molecule has 3 rings (SSSR count). The number of rotatable bonds is 5. The van der Waals surface area contributed by atoms with Gasteiger partial charge in [-0.2, -0.15) is 0 Å². The maximum atomic E-state index is 11.5. The van der Waals surface area contributed by atoms with E-state index in [1.807, 2.05) is 0 Å². The van der Waals surface area contributed by atoms with Crippen molar-refractivity contribution >= 4 is 18.3 Å². The van der Waals surface area contributed by atoms with Gasteiger partial charge in [-0.1, -0.05) is 0 Å². The van der Waals surface area contributed by atoms with E-state index in [0.29, 0.717) is 17.9 Å². The molecule has 2 atom stereocenters. The van der Waals surface area contributed by atoms with Gasteiger partial charge in [0.1, 0.15) is 6.61 Å². The summed E-state index contributed by atoms with van der Waals surface area (Å²) in [6.45, 7) is 3.16. The number of nitrogens with one attached hydrogen (secondary N) is 2. The second-order valence-corrected chi connectivity index (χ2v) is 5.04. The van der Waals surface area contributed by atoms with E-state index in [4.69, 9.17) is 4.74 Å². The molecule has 4 nitrogen and oxygen atoms in total. The Hall–Kier alpha value is -0.320. The predicted molar refractivity (Wildman–Crippen MR) is 62.6 cm³/mol. The minimum Gasteiger partial charge on any atom is -0.371 e. The molecule has 5 heteroatoms. The van der Waals surface area contributed by atoms with Crippen molar-refractivity contribution < 1.29 is 9.53 Å². The minimum atomic E-state index is 0. The van der Waals surface area contributed by atoms with E-state index < -0.39 is 0 Å². The topological polar surface area (TPSA) is 50.4 Å². The predicted octanol–water partition coefficient (Wildman–Crippen LogP) is 0.169. The lowest BCUT2D eigenvalue weighted by atomic mass is 10.4. The SMILES string of the molecule is Cl.O=C(COCC1CC1)NC1C2CNCC21. The van der Waals surface area contributed by atoms with Gasteiger partial charge in [-0.05, 0) is 30.6 Å². The van der Waals surface area contributed by atoms with Gasteiger partial charge in [0.05, 0.1) is 6.61 Å². The second kappa shape index (κ2) is 4.90. The number of ether oxygens (including phenoxy) is 1. The van der Waals surface area contributed by atoms with Crippen LogP contribution in [-0.2, 0) is 9.53 Å². The summed E-state index contributed by atoms with van der Waals surface area (Å²) in [5.41, 5.74) is 0. The fourth-order valence-corrected chi connectivity index (χ4v) is 2.46. The average Bonchev–Trinajstić information content (AvgIpc) is 3.10. The first-order valence-electron chi connectivity index (χ1n) is 5.92. The lowest BCUT2D eigenvalue weighted by Gasteiger charge is -2.07. The van der Waals surface area contributed by atoms with Gasteiger partial charge in [-0.3, -0.25) is 4.79 Å². The van der Waals surface area contributed by atoms with E-state index in [1.54, 1.807) is 0 Å². The van der Waals surface area contributed by atoms with Crippen molar-refractivity contribution in [3.05, 3.63) is 0 Å². The van der Waals surface area contributed by atoms with Crippen LogP contribution in [0.5, 0.6) is 0 Å². The number of carbonyl (C=O) groups is 1. The van der Waals surface area contributed by atoms with Crippen LogP contribution in [0, 0.1) is 17.8 Å². The van der Waals surface area contributed by atoms with E-state index in [2.05, 4.69) is 10.6 Å². The first kappa shape index (κ1) is 12.1. The van der Waals surface area contributed by atoms with Gasteiger partial charge in [-0.25, -0.2) is 0 Å². The molecule has 0 radical (unpaired) electrons. The Balaban J connectivity index is 0.000000963. The quantitative estimate of drug-likeness (QED) is 0.727. The summed E-state index contributed by atoms with van der Waals surface area (Å²) in [7, 11) is 0. The molecule has 92 valence electrons. The first-order valence-corrected chi connectivity index (χ1v) is 5.92. The maximum Gasteiger partial charge on any atom is 0.246 e. The standard InChI is InChI=1S/C11H18N2O2.ClH/c14-10(6-15-5-7-1-2-7)13-11-8-3-12-4-9(8)11;/h7-9,11-12H,1-6H2,(H,13,14);1H. The van der Waals surface area contributed by atoms with E-state index in [9.17, 15) is 4.79 Å². The monoisotopic (exact) mass is 246 g/mol. The van der Waals surface area contributed by atoms with Crippen LogP contribution in [0.4, 0.5) is 0 Å². The molecular weight excluding hydrogens is 228 g/mol. The van der Waals surface area contributed by atoms with Gasteiger partial charge in [0.2, 0.25) is 5.91 Å². The summed E-state index contributed by atoms with van der Waals surface area (Å²) < 4.78 is 5.34. The van der Waals surface area contributed by atoms with Crippen LogP contribution in [0.1, 0.15) is 12.8 Å². The van der Waals surface area contributed by atoms with Gasteiger partial charge >= 0.3 is 0 Å². The highest BCUT2D eigenvalue weighted by Gasteiger charge is 2.53. The van der Waals surface area contributed by atoms with Crippen molar-refractivity contribution in [1.29, 1.82) is 0 Å². The van der Waals surface area contributed by atoms with Crippen molar-refractivity contribution in [3.63, 3.8) is 0 Å². The number of fused-ring (bicyclic) bond motifs is 1. The Labute approximate surface area is 102 Å². The largest absolute Gasteiger partial charge is 0.371 e. The zero-order chi connectivity index (χ0) is 10.3. The van der Waals surface area contributed by atoms with Crippen LogP contribution in [0.3, 0.4) is 0 Å². The van der Waals surface area contributed by atoms with E-state index in [1.165, 1.54) is 12.8 Å². The van der Waals surface area contributed by atoms with E-state index in [0.717, 1.165) is 25.6 Å². The normalized spacial score (nSPS) is 35.1. The zero-order valence-corrected chi connectivity index (χ0v) is 10.1. The fraction of sp³-hybridized carbons (Fsp3) is 0.909. The molecule has 0 bridgehead atoms. The third kappa shape index (κ3) is 2.67. The van der Waals surface area contributed by atoms with Gasteiger partial charge in [0.25, 0.3) is 0 Å². The van der Waals surface area contributed by atoms with Gasteiger partial charge in [0, 0.05) is 19.1 Å². The van der Waals surface area contributed by atoms with E-state index in [-0.39, 0.29) is 24.9 Å². The Morgan fingerprint density at radius 3 is 2.62 bits per heavy atom. The summed E-state index contributed by atoms with van der Waals surface area (Å²) >= 11 is 0. The number of hydrogen-bond donors (Lipinski definition) is 2. The van der Waals surface area contributed by atoms with Crippen LogP contribution < -0.4 is 10.6 Å². The number of amides is 1. The maximum absolute atomic E-state index is 11.5. The highest BCUT2D eigenvalue weighted by atomic mass is 35.5. The summed E-state index contributed by atoms with van der Waals surface area (Å²) in [5, 5.41) is 6.35. The molecule has 2 unspecified atom stereocenters. The molecule has 3 aliphatic rings. The third-order valence-corrected chi connectivity index (χ3v) is 3.70. The molecular formula is C11H19ClN2O2. The Morgan fingerprint density at radius 2 is 2.00 bits per heavy atom. The smallest absolute Gasteiger partial charge is 0.246 e. The molecule has 0 aromatic rings. The van der Waals surface area contributed by atoms with Crippen LogP contribution >= 0.6 is 12.4 Å². The number of carbonyl (C=O) groups excluding carboxylic acids is 1. The van der Waals surface area contributed by atoms with Crippen LogP contribution in [0.2, 0.25) is 0 Å². The van der Waals surface area contributed by atoms with Crippen LogP contribution in [0.25, 0.3) is 0 Å². The average molecular weight is 247 g/mol. The second-order valence-electron chi connectivity index (χ2n) is 5.04. The summed E-state index contributed by atoms with van der Waals surface area (Å²) in [5.74, 6) is 2.19. The van der Waals surface area contributed by atoms with Gasteiger partial charge in [-0.15, -0.1) is 12.4 Å². The lowest BCUT2D eigenvalue weighted by Crippen LogP contribution is -2.35. The summed E-state index contributed by atoms with van der Waals surface area (Å²) in [4.78, 5) is 11.5. The molecule has 2 saturated carbocycles. The Bertz CT molecular complexity index is 261. The minimum absolute atomic E-state index is 0. The number of piperidine rings is 1. The van der Waals surface area contributed by atoms with Gasteiger partial charge < -0.3 is 15.4 Å². The third-order valence-electron chi connectivity index (χ3n) is 3.70. The van der Waals surface area contributed by atoms with Crippen molar-refractivity contribution in [2.45, 2.75) is 18.9 Å². The molecule has 1 aliphatic heterocycles. The van der Waals surface area contributed by atoms with Crippen molar-refractivity contribution in [3.8, 4) is 0 Å². The lowest BCUT2D eigenvalue weighted by molar-refractivity contribution is -0.126. The Morgan fingerprint density at radius 1 is 1.31 bits per heavy atom. The molecule has 2 N–H and O–H groups in total. The Kier molecular flexibility index (Phi) is 3.72. The van der Waals surface area contributed by atoms with Crippen molar-refractivity contribution in [1.82, 2.24) is 10.6 Å². The molecule has 1 amide bonds. The molecule has 0 aromatic carbocycles. The van der Waals surface area contributed by atoms with Crippen molar-refractivity contribution in [2.75, 3.05) is 26.3 Å². The molecule has 16 heavy (non-hydrogen) atoms. The molecule has 1 heterocycles. The molecule has 0 aromatic heterocycles. The van der Waals surface area contributed by atoms with E-state index >= 15 is 0 Å². The highest BCUT2D eigenvalue weighted by molar-refractivity contribution is 5.85. The first-order chi connectivity index (χ1) is 7.34.